The molecule has 0 spiro atoms. The second-order valence-corrected chi connectivity index (χ2v) is 4.56. The van der Waals surface area contributed by atoms with Gasteiger partial charge in [0.2, 0.25) is 5.78 Å². The number of Topliss-reactive ketones (excluding diaryl/α,β-unsaturated/α-hetero) is 1. The fourth-order valence-corrected chi connectivity index (χ4v) is 2.25. The largest absolute Gasteiger partial charge is 0.287 e. The minimum absolute atomic E-state index is 0.125. The molecule has 2 rings (SSSR count). The van der Waals surface area contributed by atoms with Gasteiger partial charge in [0.15, 0.2) is 0 Å². The van der Waals surface area contributed by atoms with Crippen LogP contribution in [0.2, 0.25) is 0 Å². The Bertz CT molecular complexity index is 500. The lowest BCUT2D eigenvalue weighted by atomic mass is 10.2. The average Bonchev–Trinajstić information content (AvgIpc) is 2.83. The minimum atomic E-state index is -0.125. The van der Waals surface area contributed by atoms with E-state index in [2.05, 4.69) is 0 Å². The van der Waals surface area contributed by atoms with Crippen molar-refractivity contribution in [2.24, 2.45) is 0 Å². The topological polar surface area (TPSA) is 17.1 Å². The summed E-state index contributed by atoms with van der Waals surface area (Å²) >= 11 is 7.37. The van der Waals surface area contributed by atoms with Crippen molar-refractivity contribution in [3.63, 3.8) is 0 Å². The smallest absolute Gasteiger partial charge is 0.214 e. The minimum Gasteiger partial charge on any atom is -0.287 e. The highest BCUT2D eigenvalue weighted by molar-refractivity contribution is 7.12. The van der Waals surface area contributed by atoms with Crippen molar-refractivity contribution in [2.75, 3.05) is 0 Å². The highest BCUT2D eigenvalue weighted by Crippen LogP contribution is 2.19. The molecule has 0 bridgehead atoms. The number of ketones is 1. The average molecular weight is 249 g/mol. The lowest BCUT2D eigenvalue weighted by molar-refractivity contribution is 0.104. The molecule has 2 aromatic rings. The third-order valence-electron chi connectivity index (χ3n) is 2.05. The highest BCUT2D eigenvalue weighted by Gasteiger charge is 2.10. The van der Waals surface area contributed by atoms with E-state index in [9.17, 15) is 4.79 Å². The summed E-state index contributed by atoms with van der Waals surface area (Å²) in [5.41, 5.74) is 0.928. The molecule has 16 heavy (non-hydrogen) atoms. The summed E-state index contributed by atoms with van der Waals surface area (Å²) in [6, 6.07) is 13.2. The molecule has 0 radical (unpaired) electrons. The Morgan fingerprint density at radius 3 is 2.50 bits per heavy atom. The molecule has 0 aliphatic carbocycles. The lowest BCUT2D eigenvalue weighted by Crippen LogP contribution is -1.94. The SMILES string of the molecule is O=C(/C(Cl)=C/c1ccccc1)c1cccs1. The molecule has 0 saturated carbocycles. The summed E-state index contributed by atoms with van der Waals surface area (Å²) in [5, 5.41) is 2.11. The molecule has 0 saturated heterocycles. The Labute approximate surface area is 103 Å². The molecule has 0 N–H and O–H groups in total. The van der Waals surface area contributed by atoms with Crippen LogP contribution < -0.4 is 0 Å². The van der Waals surface area contributed by atoms with E-state index in [1.54, 1.807) is 12.1 Å². The summed E-state index contributed by atoms with van der Waals surface area (Å²) in [5.74, 6) is -0.125. The van der Waals surface area contributed by atoms with E-state index in [4.69, 9.17) is 11.6 Å². The first-order valence-electron chi connectivity index (χ1n) is 4.78. The molecular formula is C13H9ClOS. The van der Waals surface area contributed by atoms with Gasteiger partial charge in [-0.3, -0.25) is 4.79 Å². The van der Waals surface area contributed by atoms with Gasteiger partial charge >= 0.3 is 0 Å². The van der Waals surface area contributed by atoms with Crippen LogP contribution in [0.25, 0.3) is 6.08 Å². The number of thiophene rings is 1. The first-order chi connectivity index (χ1) is 7.77. The van der Waals surface area contributed by atoms with E-state index in [0.717, 1.165) is 5.56 Å². The van der Waals surface area contributed by atoms with Gasteiger partial charge in [0.1, 0.15) is 0 Å². The van der Waals surface area contributed by atoms with Crippen molar-refractivity contribution in [3.8, 4) is 0 Å². The van der Waals surface area contributed by atoms with Gasteiger partial charge in [0, 0.05) is 0 Å². The van der Waals surface area contributed by atoms with Gasteiger partial charge in [-0.05, 0) is 23.1 Å². The molecule has 1 aromatic carbocycles. The molecule has 0 unspecified atom stereocenters. The van der Waals surface area contributed by atoms with Crippen LogP contribution in [0.15, 0.2) is 52.9 Å². The van der Waals surface area contributed by atoms with Crippen LogP contribution >= 0.6 is 22.9 Å². The van der Waals surface area contributed by atoms with Gasteiger partial charge in [-0.1, -0.05) is 48.0 Å². The van der Waals surface area contributed by atoms with E-state index < -0.39 is 0 Å². The summed E-state index contributed by atoms with van der Waals surface area (Å²) in [6.07, 6.45) is 1.68. The van der Waals surface area contributed by atoms with Crippen molar-refractivity contribution in [3.05, 3.63) is 63.3 Å². The van der Waals surface area contributed by atoms with E-state index in [1.165, 1.54) is 11.3 Å². The third-order valence-corrected chi connectivity index (χ3v) is 3.20. The maximum Gasteiger partial charge on any atom is 0.214 e. The molecule has 0 fully saturated rings. The molecule has 80 valence electrons. The number of benzene rings is 1. The Hall–Kier alpha value is -1.38. The van der Waals surface area contributed by atoms with Crippen molar-refractivity contribution >= 4 is 34.8 Å². The molecule has 0 aliphatic heterocycles. The number of carbonyl (C=O) groups excluding carboxylic acids is 1. The van der Waals surface area contributed by atoms with Crippen LogP contribution in [0.5, 0.6) is 0 Å². The first kappa shape index (κ1) is 11.1. The lowest BCUT2D eigenvalue weighted by Gasteiger charge is -1.96. The normalized spacial score (nSPS) is 11.4. The van der Waals surface area contributed by atoms with Crippen molar-refractivity contribution in [1.82, 2.24) is 0 Å². The van der Waals surface area contributed by atoms with Gasteiger partial charge in [-0.2, -0.15) is 0 Å². The van der Waals surface area contributed by atoms with E-state index in [-0.39, 0.29) is 10.8 Å². The monoisotopic (exact) mass is 248 g/mol. The van der Waals surface area contributed by atoms with Crippen LogP contribution in [0.1, 0.15) is 15.2 Å². The maximum atomic E-state index is 11.8. The summed E-state index contributed by atoms with van der Waals surface area (Å²) in [4.78, 5) is 12.5. The Morgan fingerprint density at radius 2 is 1.88 bits per heavy atom. The fourth-order valence-electron chi connectivity index (χ4n) is 1.29. The summed E-state index contributed by atoms with van der Waals surface area (Å²) < 4.78 is 0. The van der Waals surface area contributed by atoms with Gasteiger partial charge in [-0.25, -0.2) is 0 Å². The number of allylic oxidation sites excluding steroid dienone is 1. The number of rotatable bonds is 3. The molecule has 1 aromatic heterocycles. The zero-order valence-corrected chi connectivity index (χ0v) is 9.96. The molecule has 0 atom stereocenters. The quantitative estimate of drug-likeness (QED) is 0.587. The standard InChI is InChI=1S/C13H9ClOS/c14-11(9-10-5-2-1-3-6-10)13(15)12-7-4-8-16-12/h1-9H/b11-9-. The Balaban J connectivity index is 2.23. The van der Waals surface area contributed by atoms with E-state index in [1.807, 2.05) is 41.8 Å². The zero-order chi connectivity index (χ0) is 11.4. The highest BCUT2D eigenvalue weighted by atomic mass is 35.5. The van der Waals surface area contributed by atoms with Gasteiger partial charge in [-0.15, -0.1) is 11.3 Å². The van der Waals surface area contributed by atoms with E-state index >= 15 is 0 Å². The molecule has 0 aliphatic rings. The van der Waals surface area contributed by atoms with Crippen molar-refractivity contribution in [2.45, 2.75) is 0 Å². The fraction of sp³-hybridized carbons (Fsp3) is 0. The summed E-state index contributed by atoms with van der Waals surface area (Å²) in [6.45, 7) is 0. The third kappa shape index (κ3) is 2.60. The van der Waals surface area contributed by atoms with Crippen LogP contribution in [-0.2, 0) is 0 Å². The van der Waals surface area contributed by atoms with Gasteiger partial charge < -0.3 is 0 Å². The van der Waals surface area contributed by atoms with Crippen molar-refractivity contribution < 1.29 is 4.79 Å². The number of halogens is 1. The van der Waals surface area contributed by atoms with Crippen LogP contribution in [-0.4, -0.2) is 5.78 Å². The van der Waals surface area contributed by atoms with E-state index in [0.29, 0.717) is 4.88 Å². The molecule has 0 amide bonds. The second kappa shape index (κ2) is 5.10. The number of carbonyl (C=O) groups is 1. The maximum absolute atomic E-state index is 11.8. The zero-order valence-electron chi connectivity index (χ0n) is 8.39. The first-order valence-corrected chi connectivity index (χ1v) is 6.03. The predicted molar refractivity (Wildman–Crippen MR) is 68.9 cm³/mol. The Morgan fingerprint density at radius 1 is 1.12 bits per heavy atom. The van der Waals surface area contributed by atoms with Crippen LogP contribution in [0, 0.1) is 0 Å². The van der Waals surface area contributed by atoms with Gasteiger partial charge in [0.05, 0.1) is 9.91 Å². The molecular weight excluding hydrogens is 240 g/mol. The molecule has 3 heteroatoms. The number of hydrogen-bond acceptors (Lipinski definition) is 2. The predicted octanol–water partition coefficient (Wildman–Crippen LogP) is 4.21. The van der Waals surface area contributed by atoms with Crippen LogP contribution in [0.4, 0.5) is 0 Å². The van der Waals surface area contributed by atoms with Crippen molar-refractivity contribution in [1.29, 1.82) is 0 Å². The molecule has 1 heterocycles. The Kier molecular flexibility index (Phi) is 3.54. The second-order valence-electron chi connectivity index (χ2n) is 3.21. The number of hydrogen-bond donors (Lipinski definition) is 0. The van der Waals surface area contributed by atoms with Crippen LogP contribution in [0.3, 0.4) is 0 Å². The van der Waals surface area contributed by atoms with Gasteiger partial charge in [0.25, 0.3) is 0 Å². The summed E-state index contributed by atoms with van der Waals surface area (Å²) in [7, 11) is 0. The molecule has 1 nitrogen and oxygen atoms in total.